The lowest BCUT2D eigenvalue weighted by atomic mass is 10.1. The van der Waals surface area contributed by atoms with Crippen molar-refractivity contribution in [2.45, 2.75) is 38.9 Å². The minimum absolute atomic E-state index is 0.00327. The molecule has 2 N–H and O–H groups in total. The Kier molecular flexibility index (Phi) is 6.32. The third kappa shape index (κ3) is 5.00. The van der Waals surface area contributed by atoms with Crippen molar-refractivity contribution in [3.05, 3.63) is 51.7 Å². The molecular formula is C20H23ClFN3O4. The number of aromatic nitrogens is 1. The molecule has 2 aromatic rings. The lowest BCUT2D eigenvalue weighted by molar-refractivity contribution is 0.0517. The molecule has 1 aliphatic rings. The first-order valence-electron chi connectivity index (χ1n) is 9.34. The molecule has 1 aromatic carbocycles. The van der Waals surface area contributed by atoms with Gasteiger partial charge in [-0.1, -0.05) is 11.6 Å². The van der Waals surface area contributed by atoms with Crippen LogP contribution in [0.15, 0.2) is 35.3 Å². The molecule has 156 valence electrons. The van der Waals surface area contributed by atoms with Gasteiger partial charge in [-0.3, -0.25) is 9.36 Å². The highest BCUT2D eigenvalue weighted by molar-refractivity contribution is 6.31. The van der Waals surface area contributed by atoms with Crippen LogP contribution in [-0.4, -0.2) is 40.9 Å². The molecule has 29 heavy (non-hydrogen) atoms. The topological polar surface area (TPSA) is 86.8 Å². The molecule has 9 heteroatoms. The number of anilines is 1. The summed E-state index contributed by atoms with van der Waals surface area (Å²) in [6, 6.07) is 5.35. The van der Waals surface area contributed by atoms with Crippen molar-refractivity contribution in [3.63, 3.8) is 0 Å². The van der Waals surface area contributed by atoms with Gasteiger partial charge in [-0.15, -0.1) is 0 Å². The molecule has 1 amide bonds. The van der Waals surface area contributed by atoms with E-state index >= 15 is 0 Å². The van der Waals surface area contributed by atoms with E-state index in [9.17, 15) is 14.0 Å². The minimum Gasteiger partial charge on any atom is -0.488 e. The van der Waals surface area contributed by atoms with Crippen LogP contribution in [-0.2, 0) is 4.74 Å². The summed E-state index contributed by atoms with van der Waals surface area (Å²) in [6.45, 7) is 4.60. The monoisotopic (exact) mass is 423 g/mol. The van der Waals surface area contributed by atoms with Crippen LogP contribution in [0, 0.1) is 5.82 Å². The number of pyridine rings is 1. The molecule has 2 heterocycles. The summed E-state index contributed by atoms with van der Waals surface area (Å²) in [7, 11) is 0. The number of nitrogens with two attached hydrogens (primary N) is 1. The zero-order valence-electron chi connectivity index (χ0n) is 16.2. The maximum Gasteiger partial charge on any atom is 0.410 e. The van der Waals surface area contributed by atoms with E-state index in [1.807, 2.05) is 0 Å². The van der Waals surface area contributed by atoms with E-state index in [4.69, 9.17) is 26.8 Å². The quantitative estimate of drug-likeness (QED) is 0.759. The first-order chi connectivity index (χ1) is 13.7. The minimum atomic E-state index is -0.617. The van der Waals surface area contributed by atoms with E-state index in [2.05, 4.69) is 0 Å². The molecule has 0 atom stereocenters. The van der Waals surface area contributed by atoms with Gasteiger partial charge in [-0.25, -0.2) is 9.18 Å². The van der Waals surface area contributed by atoms with Crippen LogP contribution >= 0.6 is 11.6 Å². The Balaban J connectivity index is 1.68. The summed E-state index contributed by atoms with van der Waals surface area (Å²) in [5, 5.41) is 0.225. The lowest BCUT2D eigenvalue weighted by Crippen LogP contribution is -2.42. The number of carbonyl (C=O) groups is 1. The van der Waals surface area contributed by atoms with Crippen LogP contribution in [0.25, 0.3) is 5.69 Å². The molecule has 1 saturated heterocycles. The van der Waals surface area contributed by atoms with Crippen molar-refractivity contribution < 1.29 is 18.7 Å². The van der Waals surface area contributed by atoms with E-state index in [1.165, 1.54) is 35.0 Å². The zero-order chi connectivity index (χ0) is 21.1. The van der Waals surface area contributed by atoms with Crippen molar-refractivity contribution in [1.82, 2.24) is 9.47 Å². The summed E-state index contributed by atoms with van der Waals surface area (Å²) < 4.78 is 26.0. The Hall–Kier alpha value is -2.74. The number of rotatable bonds is 4. The number of ether oxygens (including phenoxy) is 2. The Labute approximate surface area is 172 Å². The zero-order valence-corrected chi connectivity index (χ0v) is 17.0. The molecule has 0 spiro atoms. The average Bonchev–Trinajstić information content (AvgIpc) is 2.66. The highest BCUT2D eigenvalue weighted by atomic mass is 35.5. The second-order valence-corrected chi connectivity index (χ2v) is 7.54. The number of benzene rings is 1. The molecule has 0 aliphatic carbocycles. The maximum atomic E-state index is 13.7. The number of nitrogens with zero attached hydrogens (tertiary/aromatic N) is 2. The molecular weight excluding hydrogens is 401 g/mol. The van der Waals surface area contributed by atoms with Crippen LogP contribution < -0.4 is 16.0 Å². The highest BCUT2D eigenvalue weighted by Gasteiger charge is 2.26. The van der Waals surface area contributed by atoms with Crippen molar-refractivity contribution in [2.75, 3.05) is 18.8 Å². The van der Waals surface area contributed by atoms with Gasteiger partial charge >= 0.3 is 6.09 Å². The number of amides is 1. The number of piperidine rings is 1. The highest BCUT2D eigenvalue weighted by Crippen LogP contribution is 2.27. The van der Waals surface area contributed by atoms with E-state index in [0.717, 1.165) is 0 Å². The van der Waals surface area contributed by atoms with Gasteiger partial charge in [-0.2, -0.15) is 0 Å². The van der Waals surface area contributed by atoms with Crippen LogP contribution in [0.4, 0.5) is 14.9 Å². The molecule has 7 nitrogen and oxygen atoms in total. The normalized spacial score (nSPS) is 14.9. The Morgan fingerprint density at radius 3 is 2.59 bits per heavy atom. The molecule has 1 aliphatic heterocycles. The van der Waals surface area contributed by atoms with Gasteiger partial charge in [-0.05, 0) is 26.0 Å². The van der Waals surface area contributed by atoms with Crippen LogP contribution in [0.5, 0.6) is 5.75 Å². The van der Waals surface area contributed by atoms with Crippen molar-refractivity contribution in [3.8, 4) is 11.4 Å². The van der Waals surface area contributed by atoms with Crippen molar-refractivity contribution in [1.29, 1.82) is 0 Å². The number of hydrogen-bond acceptors (Lipinski definition) is 5. The standard InChI is InChI=1S/C20H23ClFN3O4/c1-12(2)28-20(27)24-7-5-14(6-8-24)29-18-10-19(26)25(11-15(18)21)13-3-4-17(23)16(22)9-13/h3-4,9-12,14H,5-8,23H2,1-2H3. The maximum absolute atomic E-state index is 13.7. The van der Waals surface area contributed by atoms with Gasteiger partial charge in [0.25, 0.3) is 5.56 Å². The predicted octanol–water partition coefficient (Wildman–Crippen LogP) is 3.60. The van der Waals surface area contributed by atoms with Gasteiger partial charge < -0.3 is 20.1 Å². The number of hydrogen-bond donors (Lipinski definition) is 1. The molecule has 0 bridgehead atoms. The second-order valence-electron chi connectivity index (χ2n) is 7.14. The summed E-state index contributed by atoms with van der Waals surface area (Å²) in [6.07, 6.45) is 1.89. The average molecular weight is 424 g/mol. The SMILES string of the molecule is CC(C)OC(=O)N1CCC(Oc2cc(=O)n(-c3ccc(N)c(F)c3)cc2Cl)CC1. The third-order valence-corrected chi connectivity index (χ3v) is 4.85. The van der Waals surface area contributed by atoms with Crippen LogP contribution in [0.1, 0.15) is 26.7 Å². The number of nitrogen functional groups attached to an aromatic ring is 1. The van der Waals surface area contributed by atoms with Crippen LogP contribution in [0.3, 0.4) is 0 Å². The fraction of sp³-hybridized carbons (Fsp3) is 0.400. The Morgan fingerprint density at radius 2 is 1.97 bits per heavy atom. The smallest absolute Gasteiger partial charge is 0.410 e. The van der Waals surface area contributed by atoms with Gasteiger partial charge in [0.2, 0.25) is 0 Å². The van der Waals surface area contributed by atoms with E-state index in [0.29, 0.717) is 31.6 Å². The molecule has 1 fully saturated rings. The first-order valence-corrected chi connectivity index (χ1v) is 9.72. The fourth-order valence-electron chi connectivity index (χ4n) is 3.06. The van der Waals surface area contributed by atoms with Crippen molar-refractivity contribution >= 4 is 23.4 Å². The number of carbonyl (C=O) groups excluding carboxylic acids is 1. The van der Waals surface area contributed by atoms with E-state index in [1.54, 1.807) is 18.7 Å². The summed E-state index contributed by atoms with van der Waals surface area (Å²) in [5.41, 5.74) is 5.37. The first kappa shape index (κ1) is 21.0. The molecule has 0 saturated carbocycles. The molecule has 3 rings (SSSR count). The molecule has 1 aromatic heterocycles. The Morgan fingerprint density at radius 1 is 1.28 bits per heavy atom. The number of likely N-dealkylation sites (tertiary alicyclic amines) is 1. The van der Waals surface area contributed by atoms with Crippen LogP contribution in [0.2, 0.25) is 5.02 Å². The largest absolute Gasteiger partial charge is 0.488 e. The second kappa shape index (κ2) is 8.73. The van der Waals surface area contributed by atoms with E-state index in [-0.39, 0.29) is 34.8 Å². The van der Waals surface area contributed by atoms with Gasteiger partial charge in [0.15, 0.2) is 0 Å². The lowest BCUT2D eigenvalue weighted by Gasteiger charge is -2.32. The molecule has 0 radical (unpaired) electrons. The summed E-state index contributed by atoms with van der Waals surface area (Å²) in [4.78, 5) is 26.1. The number of halogens is 2. The Bertz CT molecular complexity index is 955. The van der Waals surface area contributed by atoms with E-state index < -0.39 is 11.4 Å². The summed E-state index contributed by atoms with van der Waals surface area (Å²) >= 11 is 6.29. The summed E-state index contributed by atoms with van der Waals surface area (Å²) in [5.74, 6) is -0.361. The predicted molar refractivity (Wildman–Crippen MR) is 108 cm³/mol. The van der Waals surface area contributed by atoms with Gasteiger partial charge in [0.1, 0.15) is 17.7 Å². The van der Waals surface area contributed by atoms with Gasteiger partial charge in [0.05, 0.1) is 22.5 Å². The third-order valence-electron chi connectivity index (χ3n) is 4.56. The molecule has 0 unspecified atom stereocenters. The fourth-order valence-corrected chi connectivity index (χ4v) is 3.26. The van der Waals surface area contributed by atoms with Crippen molar-refractivity contribution in [2.24, 2.45) is 0 Å². The van der Waals surface area contributed by atoms with Gasteiger partial charge in [0, 0.05) is 44.3 Å².